The average Bonchev–Trinajstić information content (AvgIpc) is 2.73. The Kier molecular flexibility index (Phi) is 6.66. The largest absolute Gasteiger partial charge is 0.478 e. The Hall–Kier alpha value is -2.91. The van der Waals surface area contributed by atoms with E-state index in [4.69, 9.17) is 4.74 Å². The molecule has 0 aromatic heterocycles. The van der Waals surface area contributed by atoms with E-state index in [9.17, 15) is 18.0 Å². The highest BCUT2D eigenvalue weighted by Gasteiger charge is 2.31. The van der Waals surface area contributed by atoms with Crippen LogP contribution in [0.4, 0.5) is 11.4 Å². The number of benzene rings is 2. The van der Waals surface area contributed by atoms with Crippen molar-refractivity contribution in [2.45, 2.75) is 44.6 Å². The molecule has 1 aliphatic heterocycles. The second-order valence-electron chi connectivity index (χ2n) is 7.48. The monoisotopic (exact) mass is 445 g/mol. The fourth-order valence-corrected chi connectivity index (χ4v) is 4.66. The van der Waals surface area contributed by atoms with E-state index in [2.05, 4.69) is 10.6 Å². The number of aryl methyl sites for hydroxylation is 2. The minimum atomic E-state index is -3.96. The van der Waals surface area contributed by atoms with Crippen molar-refractivity contribution in [2.75, 3.05) is 24.2 Å². The van der Waals surface area contributed by atoms with Crippen LogP contribution < -0.4 is 15.4 Å². The van der Waals surface area contributed by atoms with Crippen LogP contribution >= 0.6 is 0 Å². The molecule has 3 rings (SSSR count). The third kappa shape index (κ3) is 4.88. The Morgan fingerprint density at radius 1 is 1.19 bits per heavy atom. The minimum Gasteiger partial charge on any atom is -0.478 e. The van der Waals surface area contributed by atoms with Gasteiger partial charge >= 0.3 is 0 Å². The maximum Gasteiger partial charge on any atom is 0.265 e. The fraction of sp³-hybridized carbons (Fsp3) is 0.364. The van der Waals surface area contributed by atoms with E-state index in [-0.39, 0.29) is 17.3 Å². The van der Waals surface area contributed by atoms with E-state index in [0.717, 1.165) is 16.3 Å². The van der Waals surface area contributed by atoms with Crippen LogP contribution in [0.15, 0.2) is 41.3 Å². The number of sulfonamides is 1. The summed E-state index contributed by atoms with van der Waals surface area (Å²) in [6.07, 6.45) is 0.677. The standard InChI is InChI=1S/C22H27N3O5S/c1-5-15-7-9-16(10-8-15)23-21(26)13-25(4)31(28,29)20-12-19-17(11-14(20)3)24-22(27)18(6-2)30-19/h7-12,18H,5-6,13H2,1-4H3,(H,23,26)(H,24,27)/t18-/m0/s1. The van der Waals surface area contributed by atoms with Gasteiger partial charge in [0, 0.05) is 18.8 Å². The van der Waals surface area contributed by atoms with Gasteiger partial charge in [-0.25, -0.2) is 8.42 Å². The average molecular weight is 446 g/mol. The topological polar surface area (TPSA) is 105 Å². The van der Waals surface area contributed by atoms with Gasteiger partial charge in [-0.3, -0.25) is 9.59 Å². The summed E-state index contributed by atoms with van der Waals surface area (Å²) >= 11 is 0. The lowest BCUT2D eigenvalue weighted by molar-refractivity contribution is -0.123. The van der Waals surface area contributed by atoms with Crippen molar-refractivity contribution in [2.24, 2.45) is 0 Å². The van der Waals surface area contributed by atoms with Gasteiger partial charge in [-0.1, -0.05) is 26.0 Å². The SMILES string of the molecule is CCc1ccc(NC(=O)CN(C)S(=O)(=O)c2cc3c(cc2C)NC(=O)[C@H](CC)O3)cc1. The van der Waals surface area contributed by atoms with Gasteiger partial charge in [0.25, 0.3) is 5.91 Å². The number of ether oxygens (including phenoxy) is 1. The summed E-state index contributed by atoms with van der Waals surface area (Å²) in [6.45, 7) is 5.14. The van der Waals surface area contributed by atoms with Crippen molar-refractivity contribution < 1.29 is 22.7 Å². The summed E-state index contributed by atoms with van der Waals surface area (Å²) in [5.41, 5.74) is 2.62. The Labute approximate surface area is 182 Å². The Bertz CT molecular complexity index is 1100. The molecule has 2 amide bonds. The number of nitrogens with zero attached hydrogens (tertiary/aromatic N) is 1. The van der Waals surface area contributed by atoms with E-state index in [1.54, 1.807) is 25.1 Å². The van der Waals surface area contributed by atoms with Crippen molar-refractivity contribution in [1.82, 2.24) is 4.31 Å². The zero-order valence-corrected chi connectivity index (χ0v) is 18.9. The highest BCUT2D eigenvalue weighted by atomic mass is 32.2. The molecule has 0 saturated carbocycles. The zero-order chi connectivity index (χ0) is 22.8. The zero-order valence-electron chi connectivity index (χ0n) is 18.1. The first-order chi connectivity index (χ1) is 14.6. The molecule has 2 N–H and O–H groups in total. The first-order valence-electron chi connectivity index (χ1n) is 10.1. The van der Waals surface area contributed by atoms with Crippen molar-refractivity contribution >= 4 is 33.2 Å². The van der Waals surface area contributed by atoms with Crippen LogP contribution in [-0.4, -0.2) is 44.2 Å². The van der Waals surface area contributed by atoms with Gasteiger partial charge in [0.05, 0.1) is 17.1 Å². The number of hydrogen-bond donors (Lipinski definition) is 2. The molecule has 2 aromatic carbocycles. The number of fused-ring (bicyclic) bond motifs is 1. The normalized spacial score (nSPS) is 15.8. The highest BCUT2D eigenvalue weighted by Crippen LogP contribution is 2.35. The second-order valence-corrected chi connectivity index (χ2v) is 9.49. The van der Waals surface area contributed by atoms with E-state index >= 15 is 0 Å². The van der Waals surface area contributed by atoms with Gasteiger partial charge in [-0.2, -0.15) is 4.31 Å². The molecule has 0 saturated heterocycles. The number of nitrogens with one attached hydrogen (secondary N) is 2. The molecular formula is C22H27N3O5S. The van der Waals surface area contributed by atoms with E-state index in [0.29, 0.717) is 29.1 Å². The summed E-state index contributed by atoms with van der Waals surface area (Å²) in [6, 6.07) is 10.4. The van der Waals surface area contributed by atoms with Crippen LogP contribution in [0.5, 0.6) is 5.75 Å². The van der Waals surface area contributed by atoms with E-state index in [1.807, 2.05) is 26.0 Å². The fourth-order valence-electron chi connectivity index (χ4n) is 3.31. The number of rotatable bonds is 7. The minimum absolute atomic E-state index is 0.0276. The summed E-state index contributed by atoms with van der Waals surface area (Å²) in [5.74, 6) is -0.407. The van der Waals surface area contributed by atoms with E-state index < -0.39 is 22.0 Å². The summed E-state index contributed by atoms with van der Waals surface area (Å²) in [7, 11) is -2.61. The van der Waals surface area contributed by atoms with Crippen LogP contribution in [0.3, 0.4) is 0 Å². The third-order valence-electron chi connectivity index (χ3n) is 5.17. The molecule has 1 atom stereocenters. The van der Waals surface area contributed by atoms with Crippen LogP contribution in [0.1, 0.15) is 31.4 Å². The van der Waals surface area contributed by atoms with Crippen molar-refractivity contribution in [3.63, 3.8) is 0 Å². The highest BCUT2D eigenvalue weighted by molar-refractivity contribution is 7.89. The molecule has 0 fully saturated rings. The molecule has 1 heterocycles. The number of amides is 2. The lowest BCUT2D eigenvalue weighted by atomic mass is 10.1. The van der Waals surface area contributed by atoms with Gasteiger partial charge in [-0.05, 0) is 49.1 Å². The number of anilines is 2. The summed E-state index contributed by atoms with van der Waals surface area (Å²) in [4.78, 5) is 24.4. The molecular weight excluding hydrogens is 418 g/mol. The van der Waals surface area contributed by atoms with Crippen LogP contribution in [0.25, 0.3) is 0 Å². The van der Waals surface area contributed by atoms with Gasteiger partial charge in [0.15, 0.2) is 6.10 Å². The summed E-state index contributed by atoms with van der Waals surface area (Å²) in [5, 5.41) is 5.45. The number of hydrogen-bond acceptors (Lipinski definition) is 5. The molecule has 8 nitrogen and oxygen atoms in total. The van der Waals surface area contributed by atoms with Crippen LogP contribution in [0.2, 0.25) is 0 Å². The first-order valence-corrected chi connectivity index (χ1v) is 11.6. The quantitative estimate of drug-likeness (QED) is 0.682. The number of likely N-dealkylation sites (N-methyl/N-ethyl adjacent to an activating group) is 1. The van der Waals surface area contributed by atoms with Crippen molar-refractivity contribution in [3.05, 3.63) is 47.5 Å². The second kappa shape index (κ2) is 9.07. The van der Waals surface area contributed by atoms with Crippen LogP contribution in [-0.2, 0) is 26.0 Å². The predicted octanol–water partition coefficient (Wildman–Crippen LogP) is 2.93. The number of carbonyl (C=O) groups is 2. The smallest absolute Gasteiger partial charge is 0.265 e. The van der Waals surface area contributed by atoms with Crippen molar-refractivity contribution in [1.29, 1.82) is 0 Å². The third-order valence-corrected chi connectivity index (χ3v) is 7.11. The maximum absolute atomic E-state index is 13.1. The molecule has 0 unspecified atom stereocenters. The predicted molar refractivity (Wildman–Crippen MR) is 119 cm³/mol. The van der Waals surface area contributed by atoms with Gasteiger partial charge in [-0.15, -0.1) is 0 Å². The van der Waals surface area contributed by atoms with Gasteiger partial charge in [0.1, 0.15) is 5.75 Å². The molecule has 0 radical (unpaired) electrons. The first kappa shape index (κ1) is 22.8. The van der Waals surface area contributed by atoms with E-state index in [1.165, 1.54) is 13.1 Å². The lowest BCUT2D eigenvalue weighted by Crippen LogP contribution is -2.37. The van der Waals surface area contributed by atoms with Crippen LogP contribution in [0, 0.1) is 6.92 Å². The lowest BCUT2D eigenvalue weighted by Gasteiger charge is -2.27. The molecule has 1 aliphatic rings. The number of carbonyl (C=O) groups excluding carboxylic acids is 2. The molecule has 31 heavy (non-hydrogen) atoms. The Morgan fingerprint density at radius 2 is 1.87 bits per heavy atom. The van der Waals surface area contributed by atoms with Gasteiger partial charge < -0.3 is 15.4 Å². The van der Waals surface area contributed by atoms with Crippen molar-refractivity contribution in [3.8, 4) is 5.75 Å². The Morgan fingerprint density at radius 3 is 2.48 bits per heavy atom. The molecule has 166 valence electrons. The maximum atomic E-state index is 13.1. The summed E-state index contributed by atoms with van der Waals surface area (Å²) < 4.78 is 32.9. The molecule has 9 heteroatoms. The van der Waals surface area contributed by atoms with Gasteiger partial charge in [0.2, 0.25) is 15.9 Å². The Balaban J connectivity index is 1.77. The molecule has 0 spiro atoms. The molecule has 2 aromatic rings. The molecule has 0 bridgehead atoms. The molecule has 0 aliphatic carbocycles.